The predicted molar refractivity (Wildman–Crippen MR) is 81.9 cm³/mol. The Hall–Kier alpha value is -2.08. The van der Waals surface area contributed by atoms with E-state index in [1.165, 1.54) is 7.11 Å². The SMILES string of the molecule is CCOC(=O)[C@@H]1[C@H](O)c2c(cccc2OC)C[C@H]1C(=O)OCC. The van der Waals surface area contributed by atoms with Gasteiger partial charge in [-0.25, -0.2) is 0 Å². The molecule has 1 aliphatic rings. The maximum Gasteiger partial charge on any atom is 0.312 e. The van der Waals surface area contributed by atoms with Gasteiger partial charge in [-0.15, -0.1) is 0 Å². The molecule has 0 radical (unpaired) electrons. The lowest BCUT2D eigenvalue weighted by molar-refractivity contribution is -0.166. The van der Waals surface area contributed by atoms with Crippen molar-refractivity contribution in [3.8, 4) is 5.75 Å². The van der Waals surface area contributed by atoms with E-state index in [0.29, 0.717) is 17.7 Å². The standard InChI is InChI=1S/C17H22O6/c1-4-22-16(19)11-9-10-7-6-8-12(21-3)13(10)15(18)14(11)17(20)23-5-2/h6-8,11,14-15,18H,4-5,9H2,1-3H3/t11-,14+,15-/m1/s1. The number of hydrogen-bond donors (Lipinski definition) is 1. The third-order valence-corrected chi connectivity index (χ3v) is 4.03. The number of methoxy groups -OCH3 is 1. The lowest BCUT2D eigenvalue weighted by Crippen LogP contribution is -2.41. The van der Waals surface area contributed by atoms with Crippen molar-refractivity contribution in [2.75, 3.05) is 20.3 Å². The van der Waals surface area contributed by atoms with E-state index in [9.17, 15) is 14.7 Å². The number of esters is 2. The molecule has 2 rings (SSSR count). The lowest BCUT2D eigenvalue weighted by Gasteiger charge is -2.34. The van der Waals surface area contributed by atoms with Crippen LogP contribution in [-0.4, -0.2) is 37.4 Å². The van der Waals surface area contributed by atoms with Crippen LogP contribution in [0.5, 0.6) is 5.75 Å². The summed E-state index contributed by atoms with van der Waals surface area (Å²) in [6, 6.07) is 5.32. The Balaban J connectivity index is 2.46. The van der Waals surface area contributed by atoms with Crippen molar-refractivity contribution < 1.29 is 28.9 Å². The Labute approximate surface area is 135 Å². The van der Waals surface area contributed by atoms with Crippen molar-refractivity contribution in [3.63, 3.8) is 0 Å². The molecule has 0 saturated carbocycles. The van der Waals surface area contributed by atoms with E-state index in [-0.39, 0.29) is 13.2 Å². The minimum absolute atomic E-state index is 0.177. The van der Waals surface area contributed by atoms with E-state index < -0.39 is 29.9 Å². The third-order valence-electron chi connectivity index (χ3n) is 4.03. The molecule has 0 saturated heterocycles. The first-order chi connectivity index (χ1) is 11.0. The van der Waals surface area contributed by atoms with Gasteiger partial charge in [0, 0.05) is 5.56 Å². The highest BCUT2D eigenvalue weighted by Gasteiger charge is 2.46. The highest BCUT2D eigenvalue weighted by atomic mass is 16.5. The van der Waals surface area contributed by atoms with Gasteiger partial charge in [0.05, 0.1) is 32.3 Å². The van der Waals surface area contributed by atoms with Crippen molar-refractivity contribution in [2.45, 2.75) is 26.4 Å². The fraction of sp³-hybridized carbons (Fsp3) is 0.529. The van der Waals surface area contributed by atoms with E-state index in [1.807, 2.05) is 6.07 Å². The summed E-state index contributed by atoms with van der Waals surface area (Å²) in [6.45, 7) is 3.77. The molecule has 0 aromatic heterocycles. The van der Waals surface area contributed by atoms with E-state index >= 15 is 0 Å². The number of rotatable bonds is 5. The first kappa shape index (κ1) is 17.3. The summed E-state index contributed by atoms with van der Waals surface area (Å²) >= 11 is 0. The molecule has 6 nitrogen and oxygen atoms in total. The van der Waals surface area contributed by atoms with Gasteiger partial charge < -0.3 is 19.3 Å². The lowest BCUT2D eigenvalue weighted by atomic mass is 9.73. The number of hydrogen-bond acceptors (Lipinski definition) is 6. The molecule has 1 aromatic carbocycles. The van der Waals surface area contributed by atoms with Crippen LogP contribution in [0, 0.1) is 11.8 Å². The summed E-state index contributed by atoms with van der Waals surface area (Å²) in [5.41, 5.74) is 1.31. The summed E-state index contributed by atoms with van der Waals surface area (Å²) in [5.74, 6) is -2.39. The monoisotopic (exact) mass is 322 g/mol. The summed E-state index contributed by atoms with van der Waals surface area (Å²) in [5, 5.41) is 10.7. The van der Waals surface area contributed by atoms with Crippen molar-refractivity contribution in [1.29, 1.82) is 0 Å². The summed E-state index contributed by atoms with van der Waals surface area (Å²) in [4.78, 5) is 24.6. The molecule has 0 bridgehead atoms. The summed E-state index contributed by atoms with van der Waals surface area (Å²) in [7, 11) is 1.50. The van der Waals surface area contributed by atoms with Crippen molar-refractivity contribution in [2.24, 2.45) is 11.8 Å². The Morgan fingerprint density at radius 3 is 2.43 bits per heavy atom. The van der Waals surface area contributed by atoms with Crippen LogP contribution in [0.3, 0.4) is 0 Å². The predicted octanol–water partition coefficient (Wildman–Crippen LogP) is 1.64. The Morgan fingerprint density at radius 2 is 1.83 bits per heavy atom. The normalized spacial score (nSPS) is 22.9. The summed E-state index contributed by atoms with van der Waals surface area (Å²) < 4.78 is 15.4. The van der Waals surface area contributed by atoms with Gasteiger partial charge in [-0.3, -0.25) is 9.59 Å². The van der Waals surface area contributed by atoms with Gasteiger partial charge in [-0.05, 0) is 31.9 Å². The molecule has 0 spiro atoms. The Kier molecular flexibility index (Phi) is 5.60. The number of benzene rings is 1. The Morgan fingerprint density at radius 1 is 1.17 bits per heavy atom. The van der Waals surface area contributed by atoms with E-state index in [1.54, 1.807) is 26.0 Å². The second-order valence-electron chi connectivity index (χ2n) is 5.32. The van der Waals surface area contributed by atoms with Crippen LogP contribution in [0.2, 0.25) is 0 Å². The second-order valence-corrected chi connectivity index (χ2v) is 5.32. The van der Waals surface area contributed by atoms with Crippen LogP contribution in [-0.2, 0) is 25.5 Å². The van der Waals surface area contributed by atoms with Gasteiger partial charge in [0.2, 0.25) is 0 Å². The van der Waals surface area contributed by atoms with Crippen LogP contribution in [0.1, 0.15) is 31.1 Å². The molecule has 0 aliphatic heterocycles. The van der Waals surface area contributed by atoms with Crippen LogP contribution in [0.15, 0.2) is 18.2 Å². The topological polar surface area (TPSA) is 82.1 Å². The van der Waals surface area contributed by atoms with Crippen LogP contribution in [0.25, 0.3) is 0 Å². The molecule has 1 N–H and O–H groups in total. The number of aliphatic hydroxyl groups excluding tert-OH is 1. The molecular formula is C17H22O6. The first-order valence-electron chi connectivity index (χ1n) is 7.72. The zero-order valence-corrected chi connectivity index (χ0v) is 13.6. The Bertz CT molecular complexity index is 582. The number of aliphatic hydroxyl groups is 1. The van der Waals surface area contributed by atoms with Gasteiger partial charge in [0.25, 0.3) is 0 Å². The smallest absolute Gasteiger partial charge is 0.312 e. The van der Waals surface area contributed by atoms with Crippen LogP contribution < -0.4 is 4.74 Å². The zero-order valence-electron chi connectivity index (χ0n) is 13.6. The molecular weight excluding hydrogens is 300 g/mol. The molecule has 6 heteroatoms. The molecule has 126 valence electrons. The van der Waals surface area contributed by atoms with Crippen LogP contribution >= 0.6 is 0 Å². The van der Waals surface area contributed by atoms with Crippen LogP contribution in [0.4, 0.5) is 0 Å². The fourth-order valence-electron chi connectivity index (χ4n) is 3.06. The number of ether oxygens (including phenoxy) is 3. The molecule has 0 unspecified atom stereocenters. The molecule has 3 atom stereocenters. The first-order valence-corrected chi connectivity index (χ1v) is 7.72. The van der Waals surface area contributed by atoms with Crippen molar-refractivity contribution >= 4 is 11.9 Å². The summed E-state index contributed by atoms with van der Waals surface area (Å²) in [6.07, 6.45) is -0.880. The largest absolute Gasteiger partial charge is 0.496 e. The molecule has 0 fully saturated rings. The highest BCUT2D eigenvalue weighted by Crippen LogP contribution is 2.43. The average molecular weight is 322 g/mol. The number of fused-ring (bicyclic) bond motifs is 1. The van der Waals surface area contributed by atoms with E-state index in [2.05, 4.69) is 0 Å². The van der Waals surface area contributed by atoms with Crippen molar-refractivity contribution in [1.82, 2.24) is 0 Å². The minimum Gasteiger partial charge on any atom is -0.496 e. The zero-order chi connectivity index (χ0) is 17.0. The number of carbonyl (C=O) groups excluding carboxylic acids is 2. The van der Waals surface area contributed by atoms with E-state index in [0.717, 1.165) is 5.56 Å². The third kappa shape index (κ3) is 3.32. The fourth-order valence-corrected chi connectivity index (χ4v) is 3.06. The maximum atomic E-state index is 12.3. The minimum atomic E-state index is -1.18. The molecule has 1 aromatic rings. The molecule has 0 heterocycles. The highest BCUT2D eigenvalue weighted by molar-refractivity contribution is 5.84. The maximum absolute atomic E-state index is 12.3. The second kappa shape index (κ2) is 7.46. The molecule has 0 amide bonds. The van der Waals surface area contributed by atoms with Gasteiger partial charge in [-0.2, -0.15) is 0 Å². The molecule has 23 heavy (non-hydrogen) atoms. The quantitative estimate of drug-likeness (QED) is 0.830. The van der Waals surface area contributed by atoms with Gasteiger partial charge in [0.1, 0.15) is 11.7 Å². The van der Waals surface area contributed by atoms with Crippen molar-refractivity contribution in [3.05, 3.63) is 29.3 Å². The van der Waals surface area contributed by atoms with Gasteiger partial charge in [-0.1, -0.05) is 12.1 Å². The van der Waals surface area contributed by atoms with Gasteiger partial charge >= 0.3 is 11.9 Å². The number of carbonyl (C=O) groups is 2. The van der Waals surface area contributed by atoms with E-state index in [4.69, 9.17) is 14.2 Å². The van der Waals surface area contributed by atoms with Gasteiger partial charge in [0.15, 0.2) is 0 Å². The molecule has 1 aliphatic carbocycles. The average Bonchev–Trinajstić information content (AvgIpc) is 2.54.